The van der Waals surface area contributed by atoms with Gasteiger partial charge in [-0.05, 0) is 19.3 Å². The van der Waals surface area contributed by atoms with Crippen molar-refractivity contribution in [2.24, 2.45) is 0 Å². The van der Waals surface area contributed by atoms with Crippen molar-refractivity contribution < 1.29 is 18.0 Å². The first-order valence-electron chi connectivity index (χ1n) is 7.00. The Morgan fingerprint density at radius 3 is 2.47 bits per heavy atom. The Morgan fingerprint density at radius 2 is 1.95 bits per heavy atom. The molecule has 1 saturated carbocycles. The summed E-state index contributed by atoms with van der Waals surface area (Å²) in [6.45, 7) is 0.955. The van der Waals surface area contributed by atoms with Crippen molar-refractivity contribution in [3.8, 4) is 0 Å². The quantitative estimate of drug-likeness (QED) is 0.777. The van der Waals surface area contributed by atoms with Gasteiger partial charge in [0.15, 0.2) is 0 Å². The van der Waals surface area contributed by atoms with Crippen molar-refractivity contribution in [3.05, 3.63) is 0 Å². The minimum atomic E-state index is -4.32. The Labute approximate surface area is 112 Å². The van der Waals surface area contributed by atoms with Crippen LogP contribution in [0.25, 0.3) is 0 Å². The van der Waals surface area contributed by atoms with Gasteiger partial charge in [-0.3, -0.25) is 4.79 Å². The number of unbranched alkanes of at least 4 members (excludes halogenated alkanes) is 1. The van der Waals surface area contributed by atoms with Crippen molar-refractivity contribution in [1.82, 2.24) is 10.2 Å². The Balaban J connectivity index is 2.40. The molecule has 0 spiro atoms. The highest BCUT2D eigenvalue weighted by atomic mass is 19.4. The van der Waals surface area contributed by atoms with Crippen molar-refractivity contribution in [1.29, 1.82) is 0 Å². The highest BCUT2D eigenvalue weighted by molar-refractivity contribution is 5.78. The molecule has 0 bridgehead atoms. The van der Waals surface area contributed by atoms with E-state index in [9.17, 15) is 18.0 Å². The van der Waals surface area contributed by atoms with Crippen LogP contribution in [0.15, 0.2) is 0 Å². The molecule has 0 saturated heterocycles. The molecule has 1 amide bonds. The normalized spacial score (nSPS) is 16.8. The van der Waals surface area contributed by atoms with Crippen LogP contribution in [-0.4, -0.2) is 42.7 Å². The van der Waals surface area contributed by atoms with Crippen molar-refractivity contribution in [2.45, 2.75) is 57.7 Å². The fourth-order valence-electron chi connectivity index (χ4n) is 2.33. The molecule has 0 aromatic rings. The zero-order valence-corrected chi connectivity index (χ0v) is 11.4. The lowest BCUT2D eigenvalue weighted by molar-refractivity contribution is -0.160. The molecule has 112 valence electrons. The number of nitrogens with one attached hydrogen (secondary N) is 1. The maximum Gasteiger partial charge on any atom is 0.406 e. The van der Waals surface area contributed by atoms with Crippen molar-refractivity contribution in [2.75, 3.05) is 19.6 Å². The van der Waals surface area contributed by atoms with Crippen LogP contribution in [0.1, 0.15) is 45.4 Å². The van der Waals surface area contributed by atoms with Crippen LogP contribution in [0.5, 0.6) is 0 Å². The molecule has 1 aliphatic carbocycles. The second-order valence-corrected chi connectivity index (χ2v) is 5.15. The minimum absolute atomic E-state index is 0.0183. The summed E-state index contributed by atoms with van der Waals surface area (Å²) in [6.07, 6.45) is 1.35. The van der Waals surface area contributed by atoms with E-state index in [1.165, 1.54) is 0 Å². The van der Waals surface area contributed by atoms with Crippen LogP contribution in [0, 0.1) is 0 Å². The van der Waals surface area contributed by atoms with Crippen LogP contribution in [0.3, 0.4) is 0 Å². The molecule has 1 N–H and O–H groups in total. The van der Waals surface area contributed by atoms with Gasteiger partial charge in [0.05, 0.1) is 6.54 Å². The standard InChI is InChI=1S/C13H23F3N2O/c1-2-3-8-18(10-13(14,15)16)12(19)9-17-11-6-4-5-7-11/h11,17H,2-10H2,1H3. The highest BCUT2D eigenvalue weighted by Crippen LogP contribution is 2.18. The smallest absolute Gasteiger partial charge is 0.332 e. The van der Waals surface area contributed by atoms with Gasteiger partial charge in [-0.1, -0.05) is 26.2 Å². The maximum atomic E-state index is 12.4. The molecule has 19 heavy (non-hydrogen) atoms. The van der Waals surface area contributed by atoms with Crippen LogP contribution < -0.4 is 5.32 Å². The first-order chi connectivity index (χ1) is 8.92. The van der Waals surface area contributed by atoms with Crippen LogP contribution in [0.4, 0.5) is 13.2 Å². The molecule has 1 rings (SSSR count). The highest BCUT2D eigenvalue weighted by Gasteiger charge is 2.32. The van der Waals surface area contributed by atoms with Crippen LogP contribution >= 0.6 is 0 Å². The first kappa shape index (κ1) is 16.3. The Morgan fingerprint density at radius 1 is 1.32 bits per heavy atom. The summed E-state index contributed by atoms with van der Waals surface area (Å²) in [5, 5.41) is 3.07. The molecule has 6 heteroatoms. The van der Waals surface area contributed by atoms with Gasteiger partial charge in [0, 0.05) is 12.6 Å². The summed E-state index contributed by atoms with van der Waals surface area (Å²) in [5.74, 6) is -0.447. The number of carbonyl (C=O) groups excluding carboxylic acids is 1. The molecule has 0 aromatic carbocycles. The van der Waals surface area contributed by atoms with E-state index >= 15 is 0 Å². The molecule has 0 radical (unpaired) electrons. The van der Waals surface area contributed by atoms with E-state index in [4.69, 9.17) is 0 Å². The zero-order valence-electron chi connectivity index (χ0n) is 11.4. The van der Waals surface area contributed by atoms with Crippen molar-refractivity contribution >= 4 is 5.91 Å². The number of hydrogen-bond donors (Lipinski definition) is 1. The molecule has 0 unspecified atom stereocenters. The number of halogens is 3. The number of alkyl halides is 3. The summed E-state index contributed by atoms with van der Waals surface area (Å²) in [6, 6.07) is 0.294. The van der Waals surface area contributed by atoms with Gasteiger partial charge < -0.3 is 10.2 Å². The minimum Gasteiger partial charge on any atom is -0.332 e. The molecule has 3 nitrogen and oxygen atoms in total. The van der Waals surface area contributed by atoms with E-state index in [1.54, 1.807) is 0 Å². The molecular weight excluding hydrogens is 257 g/mol. The van der Waals surface area contributed by atoms with E-state index in [-0.39, 0.29) is 13.1 Å². The second-order valence-electron chi connectivity index (χ2n) is 5.15. The Hall–Kier alpha value is -0.780. The van der Waals surface area contributed by atoms with Gasteiger partial charge >= 0.3 is 6.18 Å². The van der Waals surface area contributed by atoms with Gasteiger partial charge in [-0.2, -0.15) is 13.2 Å². The predicted octanol–water partition coefficient (Wildman–Crippen LogP) is 2.71. The summed E-state index contributed by atoms with van der Waals surface area (Å²) in [4.78, 5) is 12.8. The van der Waals surface area contributed by atoms with Crippen LogP contribution in [0.2, 0.25) is 0 Å². The molecule has 0 aliphatic heterocycles. The number of hydrogen-bond acceptors (Lipinski definition) is 2. The number of amides is 1. The number of carbonyl (C=O) groups is 1. The third-order valence-corrected chi connectivity index (χ3v) is 3.40. The largest absolute Gasteiger partial charge is 0.406 e. The summed E-state index contributed by atoms with van der Waals surface area (Å²) >= 11 is 0. The Kier molecular flexibility index (Phi) is 6.62. The molecule has 0 heterocycles. The summed E-state index contributed by atoms with van der Waals surface area (Å²) in [5.41, 5.74) is 0. The lowest BCUT2D eigenvalue weighted by Gasteiger charge is -2.24. The van der Waals surface area contributed by atoms with E-state index in [0.717, 1.165) is 37.0 Å². The Bertz CT molecular complexity index is 276. The fourth-order valence-corrected chi connectivity index (χ4v) is 2.33. The van der Waals surface area contributed by atoms with E-state index in [0.29, 0.717) is 12.5 Å². The third kappa shape index (κ3) is 6.80. The van der Waals surface area contributed by atoms with Gasteiger partial charge in [-0.25, -0.2) is 0 Å². The average Bonchev–Trinajstić information content (AvgIpc) is 2.83. The van der Waals surface area contributed by atoms with Gasteiger partial charge in [0.25, 0.3) is 0 Å². The monoisotopic (exact) mass is 280 g/mol. The first-order valence-corrected chi connectivity index (χ1v) is 7.00. The van der Waals surface area contributed by atoms with Gasteiger partial charge in [0.2, 0.25) is 5.91 Å². The average molecular weight is 280 g/mol. The molecule has 1 fully saturated rings. The summed E-state index contributed by atoms with van der Waals surface area (Å²) in [7, 11) is 0. The van der Waals surface area contributed by atoms with Crippen LogP contribution in [-0.2, 0) is 4.79 Å². The van der Waals surface area contributed by atoms with Gasteiger partial charge in [-0.15, -0.1) is 0 Å². The molecule has 1 aliphatic rings. The topological polar surface area (TPSA) is 32.3 Å². The number of rotatable bonds is 7. The zero-order chi connectivity index (χ0) is 14.3. The predicted molar refractivity (Wildman–Crippen MR) is 67.8 cm³/mol. The number of nitrogens with zero attached hydrogens (tertiary/aromatic N) is 1. The summed E-state index contributed by atoms with van der Waals surface area (Å²) < 4.78 is 37.3. The fraction of sp³-hybridized carbons (Fsp3) is 0.923. The SMILES string of the molecule is CCCCN(CC(F)(F)F)C(=O)CNC1CCCC1. The van der Waals surface area contributed by atoms with E-state index in [2.05, 4.69) is 5.32 Å². The second kappa shape index (κ2) is 7.72. The maximum absolute atomic E-state index is 12.4. The van der Waals surface area contributed by atoms with Gasteiger partial charge in [0.1, 0.15) is 6.54 Å². The lowest BCUT2D eigenvalue weighted by Crippen LogP contribution is -2.45. The van der Waals surface area contributed by atoms with E-state index < -0.39 is 18.6 Å². The molecular formula is C13H23F3N2O. The lowest BCUT2D eigenvalue weighted by atomic mass is 10.2. The van der Waals surface area contributed by atoms with E-state index in [1.807, 2.05) is 6.92 Å². The van der Waals surface area contributed by atoms with Crippen molar-refractivity contribution in [3.63, 3.8) is 0 Å². The molecule has 0 aromatic heterocycles. The third-order valence-electron chi connectivity index (χ3n) is 3.40. The molecule has 0 atom stereocenters.